The van der Waals surface area contributed by atoms with Gasteiger partial charge in [-0.1, -0.05) is 11.8 Å². The van der Waals surface area contributed by atoms with Crippen LogP contribution in [0.25, 0.3) is 0 Å². The Bertz CT molecular complexity index is 711. The van der Waals surface area contributed by atoms with Gasteiger partial charge >= 0.3 is 0 Å². The summed E-state index contributed by atoms with van der Waals surface area (Å²) >= 11 is 1.35. The Hall–Kier alpha value is -2.29. The molecule has 2 rings (SSSR count). The Balaban J connectivity index is 2.18. The molecular weight excluding hydrogens is 284 g/mol. The molecule has 21 heavy (non-hydrogen) atoms. The third-order valence-corrected chi connectivity index (χ3v) is 3.76. The van der Waals surface area contributed by atoms with Crippen molar-refractivity contribution in [1.29, 1.82) is 0 Å². The number of carbonyl (C=O) groups excluding carboxylic acids is 1. The highest BCUT2D eigenvalue weighted by Crippen LogP contribution is 2.26. The maximum Gasteiger partial charge on any atom is 0.269 e. The van der Waals surface area contributed by atoms with Crippen LogP contribution < -0.4 is 15.8 Å². The Morgan fingerprint density at radius 1 is 1.43 bits per heavy atom. The fourth-order valence-electron chi connectivity index (χ4n) is 1.84. The van der Waals surface area contributed by atoms with Gasteiger partial charge in [0.1, 0.15) is 10.6 Å². The summed E-state index contributed by atoms with van der Waals surface area (Å²) < 4.78 is 5.16. The number of aryl methyl sites for hydroxylation is 1. The second-order valence-electron chi connectivity index (χ2n) is 4.31. The summed E-state index contributed by atoms with van der Waals surface area (Å²) in [6.07, 6.45) is 0. The van der Waals surface area contributed by atoms with Crippen molar-refractivity contribution in [3.05, 3.63) is 45.6 Å². The van der Waals surface area contributed by atoms with Crippen molar-refractivity contribution in [3.63, 3.8) is 0 Å². The molecule has 0 aliphatic carbocycles. The summed E-state index contributed by atoms with van der Waals surface area (Å²) in [5.41, 5.74) is 7.93. The maximum absolute atomic E-state index is 12.2. The Labute approximate surface area is 127 Å². The van der Waals surface area contributed by atoms with E-state index < -0.39 is 0 Å². The maximum atomic E-state index is 12.2. The van der Waals surface area contributed by atoms with Gasteiger partial charge in [0, 0.05) is 11.3 Å². The minimum Gasteiger partial charge on any atom is -0.495 e. The molecule has 0 fully saturated rings. The number of hydrogen-bond acceptors (Lipinski definition) is 4. The average Bonchev–Trinajstić information content (AvgIpc) is 2.96. The van der Waals surface area contributed by atoms with Crippen molar-refractivity contribution in [3.8, 4) is 17.6 Å². The van der Waals surface area contributed by atoms with Crippen LogP contribution in [-0.4, -0.2) is 19.6 Å². The van der Waals surface area contributed by atoms with Crippen LogP contribution >= 0.6 is 11.3 Å². The summed E-state index contributed by atoms with van der Waals surface area (Å²) in [5, 5.41) is 4.71. The van der Waals surface area contributed by atoms with E-state index in [2.05, 4.69) is 17.2 Å². The topological polar surface area (TPSA) is 64.3 Å². The zero-order chi connectivity index (χ0) is 15.2. The van der Waals surface area contributed by atoms with E-state index in [1.807, 2.05) is 30.5 Å². The van der Waals surface area contributed by atoms with Crippen molar-refractivity contribution in [2.24, 2.45) is 5.73 Å². The second kappa shape index (κ2) is 6.93. The molecule has 0 unspecified atom stereocenters. The number of methoxy groups -OCH3 is 1. The fraction of sp³-hybridized carbons (Fsp3) is 0.188. The SMILES string of the molecule is COc1ccsc1C(=O)Nc1ccc(C#CCN)cc1C. The van der Waals surface area contributed by atoms with Crippen LogP contribution in [0.1, 0.15) is 20.8 Å². The first-order valence-electron chi connectivity index (χ1n) is 6.38. The molecular formula is C16H16N2O2S. The average molecular weight is 300 g/mol. The van der Waals surface area contributed by atoms with Gasteiger partial charge in [0.05, 0.1) is 13.7 Å². The standard InChI is InChI=1S/C16H16N2O2S/c1-11-10-12(4-3-8-17)5-6-13(11)18-16(19)15-14(20-2)7-9-21-15/h5-7,9-10H,8,17H2,1-2H3,(H,18,19). The highest BCUT2D eigenvalue weighted by Gasteiger charge is 2.14. The van der Waals surface area contributed by atoms with Gasteiger partial charge in [0.2, 0.25) is 0 Å². The number of thiophene rings is 1. The molecule has 0 bridgehead atoms. The summed E-state index contributed by atoms with van der Waals surface area (Å²) in [4.78, 5) is 12.8. The van der Waals surface area contributed by atoms with E-state index >= 15 is 0 Å². The van der Waals surface area contributed by atoms with E-state index in [4.69, 9.17) is 10.5 Å². The van der Waals surface area contributed by atoms with Crippen LogP contribution in [0.5, 0.6) is 5.75 Å². The predicted octanol–water partition coefficient (Wildman–Crippen LogP) is 2.63. The van der Waals surface area contributed by atoms with Crippen LogP contribution in [-0.2, 0) is 0 Å². The molecule has 1 aromatic carbocycles. The summed E-state index contributed by atoms with van der Waals surface area (Å²) in [6.45, 7) is 2.25. The number of hydrogen-bond donors (Lipinski definition) is 2. The van der Waals surface area contributed by atoms with Crippen LogP contribution in [0.4, 0.5) is 5.69 Å². The molecule has 0 saturated heterocycles. The second-order valence-corrected chi connectivity index (χ2v) is 5.22. The molecule has 5 heteroatoms. The van der Waals surface area contributed by atoms with Gasteiger partial charge in [-0.2, -0.15) is 0 Å². The number of benzene rings is 1. The molecule has 0 aliphatic rings. The lowest BCUT2D eigenvalue weighted by Crippen LogP contribution is -2.12. The van der Waals surface area contributed by atoms with Gasteiger partial charge in [-0.05, 0) is 42.1 Å². The van der Waals surface area contributed by atoms with Crippen molar-refractivity contribution in [2.75, 3.05) is 19.0 Å². The van der Waals surface area contributed by atoms with E-state index in [1.165, 1.54) is 11.3 Å². The van der Waals surface area contributed by atoms with Crippen molar-refractivity contribution >= 4 is 22.9 Å². The predicted molar refractivity (Wildman–Crippen MR) is 85.9 cm³/mol. The van der Waals surface area contributed by atoms with Crippen molar-refractivity contribution in [2.45, 2.75) is 6.92 Å². The van der Waals surface area contributed by atoms with Crippen LogP contribution in [0.2, 0.25) is 0 Å². The van der Waals surface area contributed by atoms with Gasteiger partial charge in [-0.25, -0.2) is 0 Å². The Kier molecular flexibility index (Phi) is 4.99. The highest BCUT2D eigenvalue weighted by atomic mass is 32.1. The molecule has 1 amide bonds. The highest BCUT2D eigenvalue weighted by molar-refractivity contribution is 7.12. The molecule has 0 atom stereocenters. The fourth-order valence-corrected chi connectivity index (χ4v) is 2.59. The van der Waals surface area contributed by atoms with E-state index in [0.29, 0.717) is 17.2 Å². The third kappa shape index (κ3) is 3.63. The normalized spacial score (nSPS) is 9.67. The number of carbonyl (C=O) groups is 1. The van der Waals surface area contributed by atoms with E-state index in [0.717, 1.165) is 16.8 Å². The monoisotopic (exact) mass is 300 g/mol. The van der Waals surface area contributed by atoms with Crippen LogP contribution in [0.3, 0.4) is 0 Å². The molecule has 0 aliphatic heterocycles. The largest absolute Gasteiger partial charge is 0.495 e. The Morgan fingerprint density at radius 2 is 2.24 bits per heavy atom. The smallest absolute Gasteiger partial charge is 0.269 e. The molecule has 0 radical (unpaired) electrons. The lowest BCUT2D eigenvalue weighted by atomic mass is 10.1. The molecule has 4 nitrogen and oxygen atoms in total. The molecule has 0 saturated carbocycles. The number of anilines is 1. The quantitative estimate of drug-likeness (QED) is 0.856. The number of ether oxygens (including phenoxy) is 1. The third-order valence-electron chi connectivity index (χ3n) is 2.86. The van der Waals surface area contributed by atoms with Gasteiger partial charge in [0.25, 0.3) is 5.91 Å². The Morgan fingerprint density at radius 3 is 2.90 bits per heavy atom. The lowest BCUT2D eigenvalue weighted by Gasteiger charge is -2.09. The summed E-state index contributed by atoms with van der Waals surface area (Å²) in [7, 11) is 1.55. The first-order chi connectivity index (χ1) is 10.2. The molecule has 0 spiro atoms. The number of amides is 1. The number of nitrogens with one attached hydrogen (secondary N) is 1. The van der Waals surface area contributed by atoms with Crippen molar-refractivity contribution < 1.29 is 9.53 Å². The lowest BCUT2D eigenvalue weighted by molar-refractivity contribution is 0.102. The van der Waals surface area contributed by atoms with Gasteiger partial charge in [-0.3, -0.25) is 4.79 Å². The van der Waals surface area contributed by atoms with E-state index in [1.54, 1.807) is 13.2 Å². The van der Waals surface area contributed by atoms with E-state index in [-0.39, 0.29) is 5.91 Å². The van der Waals surface area contributed by atoms with Gasteiger partial charge < -0.3 is 15.8 Å². The first-order valence-corrected chi connectivity index (χ1v) is 7.26. The molecule has 108 valence electrons. The summed E-state index contributed by atoms with van der Waals surface area (Å²) in [6, 6.07) is 7.40. The van der Waals surface area contributed by atoms with Crippen LogP contribution in [0.15, 0.2) is 29.6 Å². The zero-order valence-electron chi connectivity index (χ0n) is 11.9. The zero-order valence-corrected chi connectivity index (χ0v) is 12.7. The molecule has 1 aromatic heterocycles. The van der Waals surface area contributed by atoms with Crippen LogP contribution in [0, 0.1) is 18.8 Å². The number of rotatable bonds is 3. The minimum absolute atomic E-state index is 0.175. The van der Waals surface area contributed by atoms with E-state index in [9.17, 15) is 4.79 Å². The van der Waals surface area contributed by atoms with Crippen molar-refractivity contribution in [1.82, 2.24) is 0 Å². The molecule has 2 aromatic rings. The van der Waals surface area contributed by atoms with Gasteiger partial charge in [0.15, 0.2) is 0 Å². The van der Waals surface area contributed by atoms with Gasteiger partial charge in [-0.15, -0.1) is 11.3 Å². The molecule has 3 N–H and O–H groups in total. The first kappa shape index (κ1) is 15.1. The number of nitrogens with two attached hydrogens (primary N) is 1. The summed E-state index contributed by atoms with van der Waals surface area (Å²) in [5.74, 6) is 6.18. The minimum atomic E-state index is -0.175. The molecule has 1 heterocycles.